The molecule has 20 heavy (non-hydrogen) atoms. The van der Waals surface area contributed by atoms with E-state index >= 15 is 0 Å². The van der Waals surface area contributed by atoms with Crippen molar-refractivity contribution in [1.82, 2.24) is 5.32 Å². The van der Waals surface area contributed by atoms with Gasteiger partial charge >= 0.3 is 0 Å². The van der Waals surface area contributed by atoms with E-state index in [0.29, 0.717) is 5.75 Å². The third-order valence-corrected chi connectivity index (χ3v) is 3.80. The van der Waals surface area contributed by atoms with Gasteiger partial charge in [0.2, 0.25) is 0 Å². The molecule has 1 aromatic rings. The first-order chi connectivity index (χ1) is 9.51. The number of carbonyl (C=O) groups is 1. The van der Waals surface area contributed by atoms with E-state index in [-0.39, 0.29) is 18.6 Å². The number of halogens is 1. The van der Waals surface area contributed by atoms with E-state index in [0.717, 1.165) is 22.9 Å². The Morgan fingerprint density at radius 3 is 2.55 bits per heavy atom. The molecule has 1 amide bonds. The Morgan fingerprint density at radius 1 is 1.40 bits per heavy atom. The van der Waals surface area contributed by atoms with E-state index in [9.17, 15) is 4.79 Å². The molecule has 0 heterocycles. The minimum Gasteiger partial charge on any atom is -0.480 e. The second kappa shape index (κ2) is 8.27. The fourth-order valence-electron chi connectivity index (χ4n) is 1.79. The average molecular weight is 344 g/mol. The van der Waals surface area contributed by atoms with Crippen LogP contribution in [0, 0.1) is 0 Å². The van der Waals surface area contributed by atoms with Crippen LogP contribution in [0.3, 0.4) is 0 Å². The zero-order chi connectivity index (χ0) is 15.1. The fraction of sp³-hybridized carbons (Fsp3) is 0.533. The van der Waals surface area contributed by atoms with Crippen LogP contribution in [0.15, 0.2) is 22.7 Å². The molecule has 0 bridgehead atoms. The first-order valence-electron chi connectivity index (χ1n) is 6.88. The van der Waals surface area contributed by atoms with Gasteiger partial charge in [0.15, 0.2) is 6.10 Å². The maximum atomic E-state index is 12.0. The summed E-state index contributed by atoms with van der Waals surface area (Å²) in [7, 11) is 0. The van der Waals surface area contributed by atoms with Gasteiger partial charge in [-0.2, -0.15) is 0 Å². The maximum absolute atomic E-state index is 12.0. The number of hydrogen-bond acceptors (Lipinski definition) is 3. The monoisotopic (exact) mass is 343 g/mol. The van der Waals surface area contributed by atoms with Crippen molar-refractivity contribution < 1.29 is 14.6 Å². The molecule has 0 spiro atoms. The lowest BCUT2D eigenvalue weighted by molar-refractivity contribution is -0.128. The standard InChI is InChI=1S/C15H22BrNO3/c1-4-12(5-2)17-15(19)10(3)20-14-7-6-11(9-18)8-13(14)16/h6-8,10,12,18H,4-5,9H2,1-3H3,(H,17,19). The predicted molar refractivity (Wildman–Crippen MR) is 82.7 cm³/mol. The lowest BCUT2D eigenvalue weighted by atomic mass is 10.1. The SMILES string of the molecule is CCC(CC)NC(=O)C(C)Oc1ccc(CO)cc1Br. The third kappa shape index (κ3) is 4.80. The number of aliphatic hydroxyl groups is 1. The minimum atomic E-state index is -0.563. The van der Waals surface area contributed by atoms with Crippen LogP contribution in [-0.4, -0.2) is 23.2 Å². The first-order valence-corrected chi connectivity index (χ1v) is 7.67. The lowest BCUT2D eigenvalue weighted by Gasteiger charge is -2.20. The summed E-state index contributed by atoms with van der Waals surface area (Å²) in [4.78, 5) is 12.0. The van der Waals surface area contributed by atoms with Crippen LogP contribution in [0.2, 0.25) is 0 Å². The van der Waals surface area contributed by atoms with Crippen LogP contribution >= 0.6 is 15.9 Å². The number of nitrogens with one attached hydrogen (secondary N) is 1. The van der Waals surface area contributed by atoms with E-state index in [1.165, 1.54) is 0 Å². The Kier molecular flexibility index (Phi) is 7.02. The number of rotatable bonds is 7. The van der Waals surface area contributed by atoms with Crippen LogP contribution in [0.5, 0.6) is 5.75 Å². The highest BCUT2D eigenvalue weighted by molar-refractivity contribution is 9.10. The summed E-state index contributed by atoms with van der Waals surface area (Å²) in [6, 6.07) is 5.48. The molecule has 1 rings (SSSR count). The van der Waals surface area contributed by atoms with Gasteiger partial charge in [-0.1, -0.05) is 19.9 Å². The van der Waals surface area contributed by atoms with E-state index in [1.807, 2.05) is 13.8 Å². The third-order valence-electron chi connectivity index (χ3n) is 3.18. The van der Waals surface area contributed by atoms with Crippen LogP contribution in [-0.2, 0) is 11.4 Å². The van der Waals surface area contributed by atoms with Crippen molar-refractivity contribution in [2.75, 3.05) is 0 Å². The normalized spacial score (nSPS) is 12.3. The predicted octanol–water partition coefficient (Wildman–Crippen LogP) is 3.01. The van der Waals surface area contributed by atoms with Crippen molar-refractivity contribution in [2.24, 2.45) is 0 Å². The van der Waals surface area contributed by atoms with E-state index in [1.54, 1.807) is 25.1 Å². The molecule has 0 fully saturated rings. The largest absolute Gasteiger partial charge is 0.480 e. The number of ether oxygens (including phenoxy) is 1. The summed E-state index contributed by atoms with van der Waals surface area (Å²) in [6.07, 6.45) is 1.25. The summed E-state index contributed by atoms with van der Waals surface area (Å²) in [5.41, 5.74) is 0.790. The molecule has 112 valence electrons. The van der Waals surface area contributed by atoms with Crippen molar-refractivity contribution in [1.29, 1.82) is 0 Å². The molecule has 0 saturated carbocycles. The van der Waals surface area contributed by atoms with Crippen molar-refractivity contribution >= 4 is 21.8 Å². The number of aliphatic hydroxyl groups excluding tert-OH is 1. The quantitative estimate of drug-likeness (QED) is 0.799. The van der Waals surface area contributed by atoms with Crippen LogP contribution < -0.4 is 10.1 Å². The highest BCUT2D eigenvalue weighted by atomic mass is 79.9. The van der Waals surface area contributed by atoms with Crippen LogP contribution in [0.4, 0.5) is 0 Å². The molecule has 0 aliphatic carbocycles. The molecule has 1 atom stereocenters. The summed E-state index contributed by atoms with van der Waals surface area (Å²) in [5.74, 6) is 0.478. The van der Waals surface area contributed by atoms with Gasteiger partial charge in [0.1, 0.15) is 5.75 Å². The van der Waals surface area contributed by atoms with E-state index < -0.39 is 6.10 Å². The molecule has 0 radical (unpaired) electrons. The molecule has 1 unspecified atom stereocenters. The van der Waals surface area contributed by atoms with Gasteiger partial charge in [-0.3, -0.25) is 4.79 Å². The molecule has 2 N–H and O–H groups in total. The topological polar surface area (TPSA) is 58.6 Å². The van der Waals surface area contributed by atoms with Gasteiger partial charge in [0.25, 0.3) is 5.91 Å². The first kappa shape index (κ1) is 17.0. The second-order valence-corrected chi connectivity index (χ2v) is 5.56. The fourth-order valence-corrected chi connectivity index (χ4v) is 2.31. The Bertz CT molecular complexity index is 447. The van der Waals surface area contributed by atoms with Gasteiger partial charge in [0, 0.05) is 6.04 Å². The Morgan fingerprint density at radius 2 is 2.05 bits per heavy atom. The molecular formula is C15H22BrNO3. The number of hydrogen-bond donors (Lipinski definition) is 2. The van der Waals surface area contributed by atoms with E-state index in [4.69, 9.17) is 9.84 Å². The van der Waals surface area contributed by atoms with Gasteiger partial charge in [-0.15, -0.1) is 0 Å². The molecule has 5 heteroatoms. The van der Waals surface area contributed by atoms with Crippen molar-refractivity contribution in [3.05, 3.63) is 28.2 Å². The highest BCUT2D eigenvalue weighted by Crippen LogP contribution is 2.27. The van der Waals surface area contributed by atoms with Crippen molar-refractivity contribution in [3.8, 4) is 5.75 Å². The summed E-state index contributed by atoms with van der Waals surface area (Å²) in [5, 5.41) is 12.0. The summed E-state index contributed by atoms with van der Waals surface area (Å²) < 4.78 is 6.38. The Hall–Kier alpha value is -1.07. The lowest BCUT2D eigenvalue weighted by Crippen LogP contribution is -2.42. The molecular weight excluding hydrogens is 322 g/mol. The van der Waals surface area contributed by atoms with Crippen LogP contribution in [0.1, 0.15) is 39.2 Å². The summed E-state index contributed by atoms with van der Waals surface area (Å²) in [6.45, 7) is 5.79. The second-order valence-electron chi connectivity index (χ2n) is 4.70. The van der Waals surface area contributed by atoms with Crippen LogP contribution in [0.25, 0.3) is 0 Å². The molecule has 0 saturated heterocycles. The number of amides is 1. The number of benzene rings is 1. The smallest absolute Gasteiger partial charge is 0.260 e. The Labute approximate surface area is 128 Å². The molecule has 0 aliphatic heterocycles. The molecule has 0 aliphatic rings. The number of carbonyl (C=O) groups excluding carboxylic acids is 1. The zero-order valence-electron chi connectivity index (χ0n) is 12.1. The van der Waals surface area contributed by atoms with Gasteiger partial charge in [0.05, 0.1) is 11.1 Å². The van der Waals surface area contributed by atoms with Crippen molar-refractivity contribution in [2.45, 2.75) is 52.4 Å². The maximum Gasteiger partial charge on any atom is 0.260 e. The van der Waals surface area contributed by atoms with Gasteiger partial charge in [-0.25, -0.2) is 0 Å². The van der Waals surface area contributed by atoms with Crippen molar-refractivity contribution in [3.63, 3.8) is 0 Å². The zero-order valence-corrected chi connectivity index (χ0v) is 13.7. The molecule has 1 aromatic carbocycles. The van der Waals surface area contributed by atoms with Gasteiger partial charge in [-0.05, 0) is 53.4 Å². The van der Waals surface area contributed by atoms with E-state index in [2.05, 4.69) is 21.2 Å². The average Bonchev–Trinajstić information content (AvgIpc) is 2.46. The molecule has 4 nitrogen and oxygen atoms in total. The summed E-state index contributed by atoms with van der Waals surface area (Å²) >= 11 is 3.38. The Balaban J connectivity index is 2.65. The molecule has 0 aromatic heterocycles. The minimum absolute atomic E-state index is 0.0242. The van der Waals surface area contributed by atoms with Gasteiger partial charge < -0.3 is 15.2 Å². The highest BCUT2D eigenvalue weighted by Gasteiger charge is 2.18.